The molecule has 0 saturated carbocycles. The van der Waals surface area contributed by atoms with Crippen molar-refractivity contribution >= 4 is 6.03 Å². The number of rotatable bonds is 3. The first-order valence-electron chi connectivity index (χ1n) is 6.34. The summed E-state index contributed by atoms with van der Waals surface area (Å²) in [7, 11) is 0. The van der Waals surface area contributed by atoms with Crippen molar-refractivity contribution in [3.05, 3.63) is 0 Å². The molecule has 4 nitrogen and oxygen atoms in total. The highest BCUT2D eigenvalue weighted by molar-refractivity contribution is 5.75. The second-order valence-electron chi connectivity index (χ2n) is 6.78. The molecule has 1 aliphatic rings. The minimum absolute atomic E-state index is 0.0882. The summed E-state index contributed by atoms with van der Waals surface area (Å²) in [6, 6.07) is 0.0789. The van der Waals surface area contributed by atoms with E-state index in [1.54, 1.807) is 0 Å². The van der Waals surface area contributed by atoms with Crippen molar-refractivity contribution in [3.63, 3.8) is 0 Å². The molecule has 0 radical (unpaired) electrons. The fourth-order valence-electron chi connectivity index (χ4n) is 2.55. The van der Waals surface area contributed by atoms with Gasteiger partial charge in [0.05, 0.1) is 12.6 Å². The van der Waals surface area contributed by atoms with Crippen LogP contribution in [0.4, 0.5) is 4.79 Å². The largest absolute Gasteiger partial charge is 0.379 e. The molecule has 0 bridgehead atoms. The maximum atomic E-state index is 11.8. The van der Waals surface area contributed by atoms with Gasteiger partial charge in [0.15, 0.2) is 0 Å². The molecule has 100 valence electrons. The molecule has 1 rings (SSSR count). The normalized spacial score (nSPS) is 21.4. The quantitative estimate of drug-likeness (QED) is 0.797. The van der Waals surface area contributed by atoms with Gasteiger partial charge in [-0.3, -0.25) is 0 Å². The van der Waals surface area contributed by atoms with Crippen molar-refractivity contribution < 1.29 is 9.53 Å². The first-order valence-corrected chi connectivity index (χ1v) is 6.34. The lowest BCUT2D eigenvalue weighted by molar-refractivity contribution is 0.184. The van der Waals surface area contributed by atoms with Gasteiger partial charge in [-0.05, 0) is 32.1 Å². The Bertz CT molecular complexity index is 263. The van der Waals surface area contributed by atoms with E-state index in [0.29, 0.717) is 6.61 Å². The zero-order chi connectivity index (χ0) is 13.1. The van der Waals surface area contributed by atoms with Gasteiger partial charge < -0.3 is 15.4 Å². The van der Waals surface area contributed by atoms with Gasteiger partial charge in [-0.1, -0.05) is 20.8 Å². The zero-order valence-corrected chi connectivity index (χ0v) is 11.7. The summed E-state index contributed by atoms with van der Waals surface area (Å²) < 4.78 is 5.23. The number of amides is 2. The molecule has 0 spiro atoms. The van der Waals surface area contributed by atoms with Crippen molar-refractivity contribution in [2.75, 3.05) is 13.2 Å². The van der Waals surface area contributed by atoms with Crippen LogP contribution in [0, 0.1) is 5.41 Å². The Morgan fingerprint density at radius 3 is 2.41 bits per heavy atom. The Morgan fingerprint density at radius 1 is 1.29 bits per heavy atom. The Labute approximate surface area is 104 Å². The molecule has 0 aromatic rings. The number of nitrogens with one attached hydrogen (secondary N) is 2. The SMILES string of the molecule is CC(C)(C)CC(C)(C)NC(=O)NC1CCOC1. The van der Waals surface area contributed by atoms with Crippen molar-refractivity contribution in [1.29, 1.82) is 0 Å². The van der Waals surface area contributed by atoms with Crippen LogP contribution in [0.2, 0.25) is 0 Å². The second-order valence-corrected chi connectivity index (χ2v) is 6.78. The summed E-state index contributed by atoms with van der Waals surface area (Å²) in [6.07, 6.45) is 1.85. The molecular weight excluding hydrogens is 216 g/mol. The Balaban J connectivity index is 2.38. The number of urea groups is 1. The van der Waals surface area contributed by atoms with E-state index in [1.165, 1.54) is 0 Å². The molecule has 4 heteroatoms. The van der Waals surface area contributed by atoms with E-state index in [1.807, 2.05) is 0 Å². The third-order valence-electron chi connectivity index (χ3n) is 2.69. The zero-order valence-electron chi connectivity index (χ0n) is 11.7. The topological polar surface area (TPSA) is 50.4 Å². The van der Waals surface area contributed by atoms with Gasteiger partial charge in [-0.2, -0.15) is 0 Å². The van der Waals surface area contributed by atoms with Gasteiger partial charge in [0.1, 0.15) is 0 Å². The average molecular weight is 242 g/mol. The van der Waals surface area contributed by atoms with E-state index < -0.39 is 0 Å². The molecule has 0 aromatic carbocycles. The highest BCUT2D eigenvalue weighted by Crippen LogP contribution is 2.26. The predicted molar refractivity (Wildman–Crippen MR) is 69.0 cm³/mol. The first kappa shape index (κ1) is 14.3. The van der Waals surface area contributed by atoms with Crippen LogP contribution >= 0.6 is 0 Å². The van der Waals surface area contributed by atoms with Crippen molar-refractivity contribution in [3.8, 4) is 0 Å². The second kappa shape index (κ2) is 5.25. The van der Waals surface area contributed by atoms with E-state index in [9.17, 15) is 4.79 Å². The van der Waals surface area contributed by atoms with Gasteiger partial charge in [0.25, 0.3) is 0 Å². The van der Waals surface area contributed by atoms with Gasteiger partial charge in [0, 0.05) is 12.1 Å². The highest BCUT2D eigenvalue weighted by atomic mass is 16.5. The van der Waals surface area contributed by atoms with Gasteiger partial charge >= 0.3 is 6.03 Å². The maximum absolute atomic E-state index is 11.8. The summed E-state index contributed by atoms with van der Waals surface area (Å²) in [5.41, 5.74) is 0.00897. The molecule has 1 heterocycles. The number of carbonyl (C=O) groups excluding carboxylic acids is 1. The molecule has 1 fully saturated rings. The first-order chi connectivity index (χ1) is 7.68. The minimum Gasteiger partial charge on any atom is -0.379 e. The number of hydrogen-bond acceptors (Lipinski definition) is 2. The minimum atomic E-state index is -0.193. The van der Waals surface area contributed by atoms with Gasteiger partial charge in [0.2, 0.25) is 0 Å². The molecule has 2 N–H and O–H groups in total. The third kappa shape index (κ3) is 5.91. The van der Waals surface area contributed by atoms with Crippen LogP contribution in [0.3, 0.4) is 0 Å². The Hall–Kier alpha value is -0.770. The van der Waals surface area contributed by atoms with Crippen LogP contribution in [0.25, 0.3) is 0 Å². The van der Waals surface area contributed by atoms with Crippen LogP contribution in [-0.4, -0.2) is 30.8 Å². The molecule has 17 heavy (non-hydrogen) atoms. The molecule has 1 unspecified atom stereocenters. The van der Waals surface area contributed by atoms with E-state index in [0.717, 1.165) is 19.4 Å². The predicted octanol–water partition coefficient (Wildman–Crippen LogP) is 2.29. The maximum Gasteiger partial charge on any atom is 0.315 e. The van der Waals surface area contributed by atoms with E-state index in [2.05, 4.69) is 45.3 Å². The molecule has 2 amide bonds. The smallest absolute Gasteiger partial charge is 0.315 e. The lowest BCUT2D eigenvalue weighted by Crippen LogP contribution is -2.52. The van der Waals surface area contributed by atoms with Crippen LogP contribution in [0.5, 0.6) is 0 Å². The fraction of sp³-hybridized carbons (Fsp3) is 0.923. The van der Waals surface area contributed by atoms with E-state index in [4.69, 9.17) is 4.74 Å². The molecule has 1 atom stereocenters. The molecule has 1 saturated heterocycles. The molecule has 0 aromatic heterocycles. The molecular formula is C13H26N2O2. The summed E-state index contributed by atoms with van der Waals surface area (Å²) in [6.45, 7) is 12.0. The van der Waals surface area contributed by atoms with Crippen LogP contribution in [-0.2, 0) is 4.74 Å². The lowest BCUT2D eigenvalue weighted by atomic mass is 9.82. The fourth-order valence-corrected chi connectivity index (χ4v) is 2.55. The van der Waals surface area contributed by atoms with Crippen molar-refractivity contribution in [1.82, 2.24) is 10.6 Å². The monoisotopic (exact) mass is 242 g/mol. The number of carbonyl (C=O) groups is 1. The lowest BCUT2D eigenvalue weighted by Gasteiger charge is -2.33. The molecule has 1 aliphatic heterocycles. The van der Waals surface area contributed by atoms with Crippen LogP contribution in [0.1, 0.15) is 47.5 Å². The Morgan fingerprint density at radius 2 is 1.94 bits per heavy atom. The molecule has 0 aliphatic carbocycles. The summed E-state index contributed by atoms with van der Waals surface area (Å²) >= 11 is 0. The van der Waals surface area contributed by atoms with E-state index in [-0.39, 0.29) is 23.0 Å². The van der Waals surface area contributed by atoms with Crippen molar-refractivity contribution in [2.45, 2.75) is 59.0 Å². The Kier molecular flexibility index (Phi) is 4.42. The number of hydrogen-bond donors (Lipinski definition) is 2. The average Bonchev–Trinajstić information content (AvgIpc) is 2.49. The summed E-state index contributed by atoms with van der Waals surface area (Å²) in [5, 5.41) is 5.98. The number of ether oxygens (including phenoxy) is 1. The van der Waals surface area contributed by atoms with E-state index >= 15 is 0 Å². The summed E-state index contributed by atoms with van der Waals surface area (Å²) in [4.78, 5) is 11.8. The summed E-state index contributed by atoms with van der Waals surface area (Å²) in [5.74, 6) is 0. The van der Waals surface area contributed by atoms with Gasteiger partial charge in [-0.15, -0.1) is 0 Å². The highest BCUT2D eigenvalue weighted by Gasteiger charge is 2.28. The van der Waals surface area contributed by atoms with Crippen LogP contribution < -0.4 is 10.6 Å². The standard InChI is InChI=1S/C13H26N2O2/c1-12(2,3)9-13(4,5)15-11(16)14-10-6-7-17-8-10/h10H,6-9H2,1-5H3,(H2,14,15,16). The third-order valence-corrected chi connectivity index (χ3v) is 2.69. The van der Waals surface area contributed by atoms with Gasteiger partial charge in [-0.25, -0.2) is 4.79 Å². The van der Waals surface area contributed by atoms with Crippen LogP contribution in [0.15, 0.2) is 0 Å². The van der Waals surface area contributed by atoms with Crippen molar-refractivity contribution in [2.24, 2.45) is 5.41 Å².